The summed E-state index contributed by atoms with van der Waals surface area (Å²) in [6.45, 7) is 10.5. The van der Waals surface area contributed by atoms with Gasteiger partial charge in [0.05, 0.1) is 0 Å². The summed E-state index contributed by atoms with van der Waals surface area (Å²) in [5, 5.41) is 3.82. The van der Waals surface area contributed by atoms with Gasteiger partial charge in [-0.3, -0.25) is 9.78 Å². The third-order valence-corrected chi connectivity index (χ3v) is 6.59. The Balaban J connectivity index is 1.39. The number of anilines is 2. The highest BCUT2D eigenvalue weighted by molar-refractivity contribution is 8.00. The van der Waals surface area contributed by atoms with E-state index in [1.165, 1.54) is 33.0 Å². The largest absolute Gasteiger partial charge is 0.372 e. The maximum Gasteiger partial charge on any atom is 0.178 e. The van der Waals surface area contributed by atoms with Crippen LogP contribution in [0.25, 0.3) is 0 Å². The molecule has 0 aliphatic carbocycles. The first-order valence-electron chi connectivity index (χ1n) is 10.4. The summed E-state index contributed by atoms with van der Waals surface area (Å²) in [7, 11) is 0. The minimum atomic E-state index is 0.212. The van der Waals surface area contributed by atoms with E-state index in [0.717, 1.165) is 13.1 Å². The summed E-state index contributed by atoms with van der Waals surface area (Å²) in [5.41, 5.74) is 6.09. The van der Waals surface area contributed by atoms with E-state index in [1.807, 2.05) is 36.0 Å². The Morgan fingerprint density at radius 3 is 2.27 bits per heavy atom. The molecule has 0 saturated carbocycles. The number of benzene rings is 3. The molecule has 3 aromatic rings. The van der Waals surface area contributed by atoms with Crippen LogP contribution in [0, 0.1) is 13.8 Å². The molecule has 0 amide bonds. The third kappa shape index (κ3) is 4.36. The van der Waals surface area contributed by atoms with Crippen LogP contribution in [-0.4, -0.2) is 13.1 Å². The van der Waals surface area contributed by atoms with Crippen molar-refractivity contribution in [3.63, 3.8) is 0 Å². The van der Waals surface area contributed by atoms with Crippen LogP contribution in [0.1, 0.15) is 35.9 Å². The van der Waals surface area contributed by atoms with Gasteiger partial charge in [0, 0.05) is 29.4 Å². The van der Waals surface area contributed by atoms with Gasteiger partial charge >= 0.3 is 0 Å². The lowest BCUT2D eigenvalue weighted by molar-refractivity contribution is -0.0999. The van der Waals surface area contributed by atoms with Gasteiger partial charge in [0.15, 0.2) is 11.5 Å². The summed E-state index contributed by atoms with van der Waals surface area (Å²) in [6, 6.07) is 20.6. The number of nitrogens with zero attached hydrogens (tertiary/aromatic N) is 1. The zero-order chi connectivity index (χ0) is 21.1. The number of fused-ring (bicyclic) bond motifs is 1. The lowest BCUT2D eigenvalue weighted by Crippen LogP contribution is -2.21. The van der Waals surface area contributed by atoms with Crippen LogP contribution in [0.5, 0.6) is 11.5 Å². The highest BCUT2D eigenvalue weighted by Crippen LogP contribution is 2.47. The topological polar surface area (TPSA) is 33.7 Å². The third-order valence-electron chi connectivity index (χ3n) is 5.39. The Bertz CT molecular complexity index is 1020. The Morgan fingerprint density at radius 2 is 1.57 bits per heavy atom. The quantitative estimate of drug-likeness (QED) is 0.338. The highest BCUT2D eigenvalue weighted by Gasteiger charge is 2.24. The molecule has 1 heterocycles. The first-order chi connectivity index (χ1) is 14.6. The number of rotatable bonds is 7. The molecule has 1 N–H and O–H groups in total. The second-order valence-electron chi connectivity index (χ2n) is 7.49. The van der Waals surface area contributed by atoms with E-state index in [0.29, 0.717) is 11.5 Å². The molecule has 4 nitrogen and oxygen atoms in total. The molecule has 3 aromatic carbocycles. The number of hydrogen-bond donors (Lipinski definition) is 1. The van der Waals surface area contributed by atoms with E-state index in [1.54, 1.807) is 0 Å². The maximum atomic E-state index is 5.58. The molecule has 0 saturated heterocycles. The van der Waals surface area contributed by atoms with Crippen molar-refractivity contribution < 1.29 is 9.78 Å². The molecular formula is C25H28N2O2S. The Labute approximate surface area is 183 Å². The normalized spacial score (nSPS) is 14.7. The summed E-state index contributed by atoms with van der Waals surface area (Å²) in [5.74, 6) is 1.38. The van der Waals surface area contributed by atoms with Gasteiger partial charge in [-0.05, 0) is 92.9 Å². The molecule has 1 aliphatic heterocycles. The number of aryl methyl sites for hydroxylation is 2. The van der Waals surface area contributed by atoms with Crippen LogP contribution in [0.2, 0.25) is 0 Å². The van der Waals surface area contributed by atoms with E-state index >= 15 is 0 Å². The Kier molecular flexibility index (Phi) is 6.09. The minimum absolute atomic E-state index is 0.212. The van der Waals surface area contributed by atoms with Crippen LogP contribution >= 0.6 is 11.8 Å². The summed E-state index contributed by atoms with van der Waals surface area (Å²) < 4.78 is 0. The van der Waals surface area contributed by atoms with E-state index < -0.39 is 0 Å². The molecule has 0 fully saturated rings. The fourth-order valence-corrected chi connectivity index (χ4v) is 5.02. The molecule has 4 rings (SSSR count). The lowest BCUT2D eigenvalue weighted by atomic mass is 10.1. The lowest BCUT2D eigenvalue weighted by Gasteiger charge is -2.20. The van der Waals surface area contributed by atoms with Crippen molar-refractivity contribution in [1.82, 2.24) is 0 Å². The second kappa shape index (κ2) is 8.92. The molecule has 0 radical (unpaired) electrons. The molecule has 30 heavy (non-hydrogen) atoms. The summed E-state index contributed by atoms with van der Waals surface area (Å²) in [4.78, 5) is 14.7. The molecule has 0 spiro atoms. The molecule has 1 aliphatic rings. The van der Waals surface area contributed by atoms with Crippen molar-refractivity contribution in [3.05, 3.63) is 77.4 Å². The number of thioether (sulfide) groups is 1. The fraction of sp³-hybridized carbons (Fsp3) is 0.280. The molecular weight excluding hydrogens is 392 g/mol. The Morgan fingerprint density at radius 1 is 0.867 bits per heavy atom. The minimum Gasteiger partial charge on any atom is -0.372 e. The van der Waals surface area contributed by atoms with Crippen molar-refractivity contribution in [1.29, 1.82) is 0 Å². The van der Waals surface area contributed by atoms with Crippen LogP contribution < -0.4 is 20.0 Å². The van der Waals surface area contributed by atoms with Gasteiger partial charge in [0.1, 0.15) is 5.37 Å². The van der Waals surface area contributed by atoms with Gasteiger partial charge in [-0.15, -0.1) is 0 Å². The number of hydrogen-bond acceptors (Lipinski definition) is 5. The van der Waals surface area contributed by atoms with Crippen molar-refractivity contribution in [3.8, 4) is 11.5 Å². The van der Waals surface area contributed by atoms with Gasteiger partial charge < -0.3 is 10.2 Å². The van der Waals surface area contributed by atoms with E-state index in [9.17, 15) is 0 Å². The van der Waals surface area contributed by atoms with Crippen molar-refractivity contribution in [2.45, 2.75) is 38.0 Å². The second-order valence-corrected chi connectivity index (χ2v) is 8.64. The van der Waals surface area contributed by atoms with Gasteiger partial charge in [0.2, 0.25) is 0 Å². The van der Waals surface area contributed by atoms with Gasteiger partial charge in [0.25, 0.3) is 0 Å². The molecule has 0 aromatic heterocycles. The van der Waals surface area contributed by atoms with E-state index in [-0.39, 0.29) is 5.37 Å². The monoisotopic (exact) mass is 420 g/mol. The van der Waals surface area contributed by atoms with Crippen LogP contribution in [0.15, 0.2) is 65.6 Å². The zero-order valence-corrected chi connectivity index (χ0v) is 18.8. The predicted octanol–water partition coefficient (Wildman–Crippen LogP) is 6.74. The smallest absolute Gasteiger partial charge is 0.178 e. The first-order valence-corrected chi connectivity index (χ1v) is 11.3. The predicted molar refractivity (Wildman–Crippen MR) is 126 cm³/mol. The molecule has 5 heteroatoms. The standard InChI is InChI=1S/C25H28N2O2S/c1-5-27(6-2)19-8-10-20(11-9-19)28-29-21-12-13-22(18(4)16-21)25-26-23-14-7-17(3)15-24(23)30-25/h7-16,25-26H,5-6H2,1-4H3. The average molecular weight is 421 g/mol. The van der Waals surface area contributed by atoms with Crippen LogP contribution in [0.3, 0.4) is 0 Å². The molecule has 1 atom stereocenters. The van der Waals surface area contributed by atoms with Crippen LogP contribution in [0.4, 0.5) is 11.4 Å². The van der Waals surface area contributed by atoms with Gasteiger partial charge in [-0.2, -0.15) is 0 Å². The van der Waals surface area contributed by atoms with Crippen LogP contribution in [-0.2, 0) is 0 Å². The molecule has 156 valence electrons. The Hall–Kier alpha value is -2.79. The first kappa shape index (κ1) is 20.5. The molecule has 1 unspecified atom stereocenters. The van der Waals surface area contributed by atoms with Crippen molar-refractivity contribution >= 4 is 23.1 Å². The van der Waals surface area contributed by atoms with E-state index in [4.69, 9.17) is 9.78 Å². The fourth-order valence-electron chi connectivity index (χ4n) is 3.68. The average Bonchev–Trinajstić information content (AvgIpc) is 3.17. The SMILES string of the molecule is CCN(CC)c1ccc(OOc2ccc(C3Nc4ccc(C)cc4S3)c(C)c2)cc1. The van der Waals surface area contributed by atoms with Gasteiger partial charge in [-0.1, -0.05) is 23.9 Å². The summed E-state index contributed by atoms with van der Waals surface area (Å²) in [6.07, 6.45) is 0. The zero-order valence-electron chi connectivity index (χ0n) is 17.9. The summed E-state index contributed by atoms with van der Waals surface area (Å²) >= 11 is 1.85. The van der Waals surface area contributed by atoms with E-state index in [2.05, 4.69) is 74.3 Å². The number of nitrogens with one attached hydrogen (secondary N) is 1. The maximum absolute atomic E-state index is 5.58. The molecule has 0 bridgehead atoms. The van der Waals surface area contributed by atoms with Gasteiger partial charge in [-0.25, -0.2) is 0 Å². The van der Waals surface area contributed by atoms with Crippen molar-refractivity contribution in [2.75, 3.05) is 23.3 Å². The highest BCUT2D eigenvalue weighted by atomic mass is 32.2. The van der Waals surface area contributed by atoms with Crippen molar-refractivity contribution in [2.24, 2.45) is 0 Å².